The molecular weight excluding hydrogens is 448 g/mol. The van der Waals surface area contributed by atoms with Crippen molar-refractivity contribution in [3.8, 4) is 22.4 Å². The number of benzene rings is 2. The minimum absolute atomic E-state index is 0.102. The van der Waals surface area contributed by atoms with Crippen LogP contribution in [0.15, 0.2) is 65.7 Å². The van der Waals surface area contributed by atoms with Crippen LogP contribution in [0.2, 0.25) is 0 Å². The molecule has 5 N–H and O–H groups in total. The molecule has 0 aliphatic rings. The van der Waals surface area contributed by atoms with Gasteiger partial charge in [0.15, 0.2) is 0 Å². The molecular formula is C29H34N6O. The molecule has 0 bridgehead atoms. The summed E-state index contributed by atoms with van der Waals surface area (Å²) in [4.78, 5) is 19.3. The highest BCUT2D eigenvalue weighted by Crippen LogP contribution is 2.27. The first kappa shape index (κ1) is 24.0. The summed E-state index contributed by atoms with van der Waals surface area (Å²) in [6.45, 7) is 6.23. The lowest BCUT2D eigenvalue weighted by Crippen LogP contribution is -2.22. The predicted molar refractivity (Wildman–Crippen MR) is 148 cm³/mol. The predicted octanol–water partition coefficient (Wildman–Crippen LogP) is 5.33. The van der Waals surface area contributed by atoms with Crippen LogP contribution in [-0.2, 0) is 6.54 Å². The topological polar surface area (TPSA) is 101 Å². The van der Waals surface area contributed by atoms with E-state index in [1.807, 2.05) is 24.4 Å². The van der Waals surface area contributed by atoms with Crippen molar-refractivity contribution in [3.05, 3.63) is 76.8 Å². The minimum Gasteiger partial charge on any atom is -0.354 e. The molecule has 2 aromatic carbocycles. The Morgan fingerprint density at radius 1 is 0.806 bits per heavy atom. The highest BCUT2D eigenvalue weighted by Gasteiger charge is 2.11. The summed E-state index contributed by atoms with van der Waals surface area (Å²) in [6, 6.07) is 16.5. The first-order valence-corrected chi connectivity index (χ1v) is 12.9. The largest absolute Gasteiger partial charge is 0.354 e. The van der Waals surface area contributed by atoms with Crippen LogP contribution in [0.3, 0.4) is 0 Å². The Balaban J connectivity index is 1.26. The molecule has 0 unspecified atom stereocenters. The van der Waals surface area contributed by atoms with Gasteiger partial charge in [-0.1, -0.05) is 31.9 Å². The number of pyridine rings is 1. The number of hydrogen-bond acceptors (Lipinski definition) is 4. The van der Waals surface area contributed by atoms with Crippen molar-refractivity contribution >= 4 is 21.8 Å². The standard InChI is InChI=1S/C29H34N6O/c1-2-3-4-10-30-11-5-12-31-17-20-6-8-26-22(13-20)16-28(34-26)25-15-23-14-21(24-18-32-33-19-24)7-9-27(23)35-29(25)36/h6-9,13-16,18-19,30-31,34H,2-5,10-12,17H2,1H3,(H,32,33)(H,35,36). The molecule has 0 saturated heterocycles. The van der Waals surface area contributed by atoms with Gasteiger partial charge >= 0.3 is 0 Å². The van der Waals surface area contributed by atoms with Crippen molar-refractivity contribution in [3.63, 3.8) is 0 Å². The van der Waals surface area contributed by atoms with Crippen LogP contribution in [0, 0.1) is 0 Å². The Labute approximate surface area is 210 Å². The Morgan fingerprint density at radius 3 is 2.47 bits per heavy atom. The molecule has 7 heteroatoms. The van der Waals surface area contributed by atoms with Crippen LogP contribution in [0.5, 0.6) is 0 Å². The van der Waals surface area contributed by atoms with Crippen molar-refractivity contribution in [2.45, 2.75) is 39.2 Å². The molecule has 5 rings (SSSR count). The molecule has 186 valence electrons. The van der Waals surface area contributed by atoms with Gasteiger partial charge in [0.25, 0.3) is 5.56 Å². The maximum atomic E-state index is 12.9. The van der Waals surface area contributed by atoms with E-state index in [2.05, 4.69) is 68.1 Å². The molecule has 0 atom stereocenters. The molecule has 0 fully saturated rings. The summed E-state index contributed by atoms with van der Waals surface area (Å²) in [5, 5.41) is 16.0. The van der Waals surface area contributed by atoms with E-state index in [1.54, 1.807) is 6.20 Å². The van der Waals surface area contributed by atoms with E-state index >= 15 is 0 Å². The van der Waals surface area contributed by atoms with Crippen LogP contribution in [0.4, 0.5) is 0 Å². The fraction of sp³-hybridized carbons (Fsp3) is 0.310. The maximum Gasteiger partial charge on any atom is 0.257 e. The number of rotatable bonds is 12. The van der Waals surface area contributed by atoms with Gasteiger partial charge in [0, 0.05) is 34.7 Å². The van der Waals surface area contributed by atoms with E-state index in [0.29, 0.717) is 5.56 Å². The molecule has 7 nitrogen and oxygen atoms in total. The van der Waals surface area contributed by atoms with Gasteiger partial charge in [-0.05, 0) is 85.4 Å². The van der Waals surface area contributed by atoms with Gasteiger partial charge in [-0.3, -0.25) is 9.89 Å². The van der Waals surface area contributed by atoms with E-state index in [0.717, 1.165) is 71.2 Å². The third kappa shape index (κ3) is 5.58. The van der Waals surface area contributed by atoms with E-state index in [9.17, 15) is 4.79 Å². The average Bonchev–Trinajstić information content (AvgIpc) is 3.57. The second-order valence-corrected chi connectivity index (χ2v) is 9.39. The lowest BCUT2D eigenvalue weighted by Gasteiger charge is -2.06. The molecule has 0 spiro atoms. The summed E-state index contributed by atoms with van der Waals surface area (Å²) in [5.41, 5.74) is 6.50. The zero-order valence-electron chi connectivity index (χ0n) is 20.8. The van der Waals surface area contributed by atoms with Crippen molar-refractivity contribution in [1.82, 2.24) is 30.8 Å². The highest BCUT2D eigenvalue weighted by atomic mass is 16.1. The van der Waals surface area contributed by atoms with Crippen molar-refractivity contribution < 1.29 is 0 Å². The molecule has 0 amide bonds. The van der Waals surface area contributed by atoms with E-state index in [4.69, 9.17) is 0 Å². The van der Waals surface area contributed by atoms with Crippen LogP contribution in [0.25, 0.3) is 44.2 Å². The molecule has 3 aromatic heterocycles. The first-order chi connectivity index (χ1) is 17.7. The van der Waals surface area contributed by atoms with Crippen molar-refractivity contribution in [2.24, 2.45) is 0 Å². The monoisotopic (exact) mass is 482 g/mol. The number of hydrogen-bond donors (Lipinski definition) is 5. The van der Waals surface area contributed by atoms with Gasteiger partial charge in [0.2, 0.25) is 0 Å². The number of unbranched alkanes of at least 4 members (excludes halogenated alkanes) is 2. The molecule has 0 radical (unpaired) electrons. The number of aromatic amines is 3. The Bertz CT molecular complexity index is 1480. The second kappa shape index (κ2) is 11.4. The fourth-order valence-corrected chi connectivity index (χ4v) is 4.63. The van der Waals surface area contributed by atoms with Gasteiger partial charge < -0.3 is 20.6 Å². The average molecular weight is 483 g/mol. The first-order valence-electron chi connectivity index (χ1n) is 12.9. The van der Waals surface area contributed by atoms with Crippen LogP contribution in [-0.4, -0.2) is 39.8 Å². The summed E-state index contributed by atoms with van der Waals surface area (Å²) in [7, 11) is 0. The zero-order chi connectivity index (χ0) is 24.7. The van der Waals surface area contributed by atoms with Crippen LogP contribution in [0.1, 0.15) is 38.2 Å². The fourth-order valence-electron chi connectivity index (χ4n) is 4.63. The molecule has 36 heavy (non-hydrogen) atoms. The molecule has 3 heterocycles. The molecule has 0 aliphatic carbocycles. The Hall–Kier alpha value is -3.68. The number of nitrogens with zero attached hydrogens (tertiary/aromatic N) is 1. The van der Waals surface area contributed by atoms with Crippen molar-refractivity contribution in [2.75, 3.05) is 19.6 Å². The normalized spacial score (nSPS) is 11.6. The third-order valence-electron chi connectivity index (χ3n) is 6.64. The maximum absolute atomic E-state index is 12.9. The van der Waals surface area contributed by atoms with Crippen molar-refractivity contribution in [1.29, 1.82) is 0 Å². The lowest BCUT2D eigenvalue weighted by atomic mass is 10.0. The minimum atomic E-state index is -0.102. The Morgan fingerprint density at radius 2 is 1.61 bits per heavy atom. The number of H-pyrrole nitrogens is 3. The van der Waals surface area contributed by atoms with Gasteiger partial charge in [0.05, 0.1) is 17.5 Å². The molecule has 5 aromatic rings. The van der Waals surface area contributed by atoms with Gasteiger partial charge in [-0.2, -0.15) is 5.10 Å². The second-order valence-electron chi connectivity index (χ2n) is 9.39. The SMILES string of the molecule is CCCCCNCCCNCc1ccc2[nH]c(-c3cc4cc(-c5cn[nH]c5)ccc4[nH]c3=O)cc2c1. The quantitative estimate of drug-likeness (QED) is 0.155. The Kier molecular flexibility index (Phi) is 7.59. The number of aromatic nitrogens is 4. The van der Waals surface area contributed by atoms with Crippen LogP contribution >= 0.6 is 0 Å². The van der Waals surface area contributed by atoms with Gasteiger partial charge in [-0.25, -0.2) is 0 Å². The smallest absolute Gasteiger partial charge is 0.257 e. The van der Waals surface area contributed by atoms with Gasteiger partial charge in [-0.15, -0.1) is 0 Å². The number of nitrogens with one attached hydrogen (secondary N) is 5. The zero-order valence-corrected chi connectivity index (χ0v) is 20.8. The third-order valence-corrected chi connectivity index (χ3v) is 6.64. The van der Waals surface area contributed by atoms with E-state index < -0.39 is 0 Å². The van der Waals surface area contributed by atoms with Crippen LogP contribution < -0.4 is 16.2 Å². The summed E-state index contributed by atoms with van der Waals surface area (Å²) in [6.07, 6.45) is 8.61. The lowest BCUT2D eigenvalue weighted by molar-refractivity contribution is 0.572. The van der Waals surface area contributed by atoms with E-state index in [1.165, 1.54) is 24.8 Å². The van der Waals surface area contributed by atoms with Gasteiger partial charge in [0.1, 0.15) is 0 Å². The summed E-state index contributed by atoms with van der Waals surface area (Å²) in [5.74, 6) is 0. The highest BCUT2D eigenvalue weighted by molar-refractivity contribution is 5.90. The molecule has 0 saturated carbocycles. The van der Waals surface area contributed by atoms with E-state index in [-0.39, 0.29) is 5.56 Å². The molecule has 0 aliphatic heterocycles. The number of fused-ring (bicyclic) bond motifs is 2. The summed E-state index contributed by atoms with van der Waals surface area (Å²) < 4.78 is 0. The summed E-state index contributed by atoms with van der Waals surface area (Å²) >= 11 is 0.